The quantitative estimate of drug-likeness (QED) is 0.249. The standard InChI is InChI=1S/C26H10O3/c27-25-23-15-9-7-13-5-3-11-1-2-12-4-6-14-8-10-16(24(23)26(28)29-25)22-20(14)18(12)17(11)19(13)21(15)22/h1-10H. The van der Waals surface area contributed by atoms with Crippen molar-refractivity contribution in [3.8, 4) is 0 Å². The summed E-state index contributed by atoms with van der Waals surface area (Å²) in [4.78, 5) is 25.2. The summed E-state index contributed by atoms with van der Waals surface area (Å²) in [5, 5.41) is 14.0. The second kappa shape index (κ2) is 4.20. The molecule has 0 aliphatic carbocycles. The Morgan fingerprint density at radius 1 is 0.379 bits per heavy atom. The maximum Gasteiger partial charge on any atom is 0.347 e. The van der Waals surface area contributed by atoms with Crippen LogP contribution in [0.3, 0.4) is 0 Å². The Morgan fingerprint density at radius 3 is 1.07 bits per heavy atom. The molecule has 8 rings (SSSR count). The zero-order valence-corrected chi connectivity index (χ0v) is 15.0. The van der Waals surface area contributed by atoms with E-state index in [1.54, 1.807) is 0 Å². The first kappa shape index (κ1) is 14.1. The van der Waals surface area contributed by atoms with E-state index in [9.17, 15) is 9.59 Å². The lowest BCUT2D eigenvalue weighted by Gasteiger charge is -2.20. The van der Waals surface area contributed by atoms with Crippen molar-refractivity contribution in [2.75, 3.05) is 0 Å². The zero-order valence-electron chi connectivity index (χ0n) is 15.0. The van der Waals surface area contributed by atoms with Crippen LogP contribution >= 0.6 is 0 Å². The van der Waals surface area contributed by atoms with Crippen LogP contribution in [0.4, 0.5) is 0 Å². The number of hydrogen-bond donors (Lipinski definition) is 0. The molecule has 0 saturated heterocycles. The molecule has 0 atom stereocenters. The molecule has 0 bridgehead atoms. The summed E-state index contributed by atoms with van der Waals surface area (Å²) in [7, 11) is 0. The Hall–Kier alpha value is -3.98. The van der Waals surface area contributed by atoms with E-state index in [-0.39, 0.29) is 0 Å². The fourth-order valence-electron chi connectivity index (χ4n) is 5.68. The van der Waals surface area contributed by atoms with Crippen molar-refractivity contribution >= 4 is 75.4 Å². The highest BCUT2D eigenvalue weighted by molar-refractivity contribution is 6.47. The molecule has 8 aromatic rings. The van der Waals surface area contributed by atoms with Crippen LogP contribution in [0, 0.1) is 0 Å². The van der Waals surface area contributed by atoms with Gasteiger partial charge in [0.05, 0.1) is 10.8 Å². The van der Waals surface area contributed by atoms with Gasteiger partial charge in [-0.3, -0.25) is 0 Å². The molecule has 0 aliphatic heterocycles. The third-order valence-corrected chi connectivity index (χ3v) is 6.76. The van der Waals surface area contributed by atoms with Gasteiger partial charge in [-0.25, -0.2) is 9.59 Å². The smallest absolute Gasteiger partial charge is 0.347 e. The first-order valence-electron chi connectivity index (χ1n) is 9.62. The van der Waals surface area contributed by atoms with Crippen LogP contribution in [0.1, 0.15) is 0 Å². The highest BCUT2D eigenvalue weighted by Crippen LogP contribution is 2.49. The molecule has 0 aliphatic rings. The largest absolute Gasteiger partial charge is 0.386 e. The maximum absolute atomic E-state index is 12.6. The minimum Gasteiger partial charge on any atom is -0.386 e. The maximum atomic E-state index is 12.6. The lowest BCUT2D eigenvalue weighted by molar-refractivity contribution is 0.500. The van der Waals surface area contributed by atoms with Gasteiger partial charge in [0.2, 0.25) is 0 Å². The van der Waals surface area contributed by atoms with Crippen molar-refractivity contribution in [3.63, 3.8) is 0 Å². The average Bonchev–Trinajstić information content (AvgIpc) is 3.06. The third-order valence-electron chi connectivity index (χ3n) is 6.76. The van der Waals surface area contributed by atoms with Gasteiger partial charge in [0.15, 0.2) is 0 Å². The third kappa shape index (κ3) is 1.35. The Labute approximate surface area is 161 Å². The van der Waals surface area contributed by atoms with Crippen molar-refractivity contribution in [1.82, 2.24) is 0 Å². The van der Waals surface area contributed by atoms with Crippen LogP contribution in [0.5, 0.6) is 0 Å². The molecule has 0 amide bonds. The Morgan fingerprint density at radius 2 is 0.690 bits per heavy atom. The van der Waals surface area contributed by atoms with E-state index in [0.717, 1.165) is 43.1 Å². The first-order chi connectivity index (χ1) is 14.2. The molecule has 29 heavy (non-hydrogen) atoms. The summed E-state index contributed by atoms with van der Waals surface area (Å²) in [5.41, 5.74) is -1.09. The average molecular weight is 370 g/mol. The molecule has 0 saturated carbocycles. The van der Waals surface area contributed by atoms with Crippen molar-refractivity contribution in [3.05, 3.63) is 81.5 Å². The molecule has 1 aromatic heterocycles. The number of rotatable bonds is 0. The van der Waals surface area contributed by atoms with Gasteiger partial charge in [-0.05, 0) is 64.6 Å². The fourth-order valence-corrected chi connectivity index (χ4v) is 5.68. The molecular formula is C26H10O3. The Balaban J connectivity index is 1.99. The van der Waals surface area contributed by atoms with Gasteiger partial charge in [-0.15, -0.1) is 0 Å². The molecule has 0 unspecified atom stereocenters. The predicted octanol–water partition coefficient (Wildman–Crippen LogP) is 5.82. The molecule has 0 fully saturated rings. The van der Waals surface area contributed by atoms with Crippen molar-refractivity contribution < 1.29 is 4.42 Å². The van der Waals surface area contributed by atoms with E-state index in [2.05, 4.69) is 36.4 Å². The van der Waals surface area contributed by atoms with Crippen LogP contribution in [-0.2, 0) is 0 Å². The van der Waals surface area contributed by atoms with E-state index in [4.69, 9.17) is 4.42 Å². The van der Waals surface area contributed by atoms with Crippen molar-refractivity contribution in [1.29, 1.82) is 0 Å². The lowest BCUT2D eigenvalue weighted by atomic mass is 9.81. The molecule has 1 heterocycles. The van der Waals surface area contributed by atoms with E-state index < -0.39 is 11.3 Å². The zero-order chi connectivity index (χ0) is 19.0. The van der Waals surface area contributed by atoms with Gasteiger partial charge in [0.25, 0.3) is 0 Å². The molecule has 0 radical (unpaired) electrons. The van der Waals surface area contributed by atoms with Crippen LogP contribution in [0.15, 0.2) is 74.7 Å². The van der Waals surface area contributed by atoms with E-state index in [1.807, 2.05) is 24.3 Å². The van der Waals surface area contributed by atoms with Gasteiger partial charge in [-0.1, -0.05) is 60.7 Å². The Kier molecular flexibility index (Phi) is 2.04. The molecule has 0 N–H and O–H groups in total. The van der Waals surface area contributed by atoms with Gasteiger partial charge in [0, 0.05) is 0 Å². The van der Waals surface area contributed by atoms with Gasteiger partial charge < -0.3 is 4.42 Å². The minimum atomic E-state index is -0.546. The van der Waals surface area contributed by atoms with E-state index in [0.29, 0.717) is 10.8 Å². The van der Waals surface area contributed by atoms with Crippen LogP contribution in [0.2, 0.25) is 0 Å². The van der Waals surface area contributed by atoms with Crippen LogP contribution < -0.4 is 11.3 Å². The highest BCUT2D eigenvalue weighted by Gasteiger charge is 2.25. The number of benzene rings is 7. The summed E-state index contributed by atoms with van der Waals surface area (Å²) >= 11 is 0. The SMILES string of the molecule is O=c1oc(=O)c2c3ccc4ccc5ccc6ccc7ccc(c12)c1c7c6c5c4c31. The van der Waals surface area contributed by atoms with Crippen molar-refractivity contribution in [2.24, 2.45) is 0 Å². The van der Waals surface area contributed by atoms with E-state index in [1.165, 1.54) is 21.5 Å². The summed E-state index contributed by atoms with van der Waals surface area (Å²) in [6.07, 6.45) is 0. The van der Waals surface area contributed by atoms with Gasteiger partial charge >= 0.3 is 11.3 Å². The summed E-state index contributed by atoms with van der Waals surface area (Å²) in [5.74, 6) is 0. The summed E-state index contributed by atoms with van der Waals surface area (Å²) < 4.78 is 5.06. The lowest BCUT2D eigenvalue weighted by Crippen LogP contribution is -1.97. The molecule has 7 aromatic carbocycles. The minimum absolute atomic E-state index is 0.405. The summed E-state index contributed by atoms with van der Waals surface area (Å²) in [6.45, 7) is 0. The van der Waals surface area contributed by atoms with Gasteiger partial charge in [0.1, 0.15) is 0 Å². The van der Waals surface area contributed by atoms with Gasteiger partial charge in [-0.2, -0.15) is 0 Å². The van der Waals surface area contributed by atoms with Crippen molar-refractivity contribution in [2.45, 2.75) is 0 Å². The predicted molar refractivity (Wildman–Crippen MR) is 119 cm³/mol. The van der Waals surface area contributed by atoms with Crippen LogP contribution in [-0.4, -0.2) is 0 Å². The molecule has 3 heteroatoms. The number of fused-ring (bicyclic) bond motifs is 3. The first-order valence-corrected chi connectivity index (χ1v) is 9.62. The fraction of sp³-hybridized carbons (Fsp3) is 0. The monoisotopic (exact) mass is 370 g/mol. The highest BCUT2D eigenvalue weighted by atomic mass is 16.4. The molecule has 132 valence electrons. The Bertz CT molecular complexity index is 1890. The molecule has 3 nitrogen and oxygen atoms in total. The van der Waals surface area contributed by atoms with Crippen LogP contribution in [0.25, 0.3) is 75.4 Å². The number of hydrogen-bond acceptors (Lipinski definition) is 3. The molecule has 0 spiro atoms. The second-order valence-electron chi connectivity index (χ2n) is 7.99. The topological polar surface area (TPSA) is 47.3 Å². The molecular weight excluding hydrogens is 360 g/mol. The normalized spacial score (nSPS) is 13.1. The number of furan rings is 1. The van der Waals surface area contributed by atoms with E-state index >= 15 is 0 Å². The second-order valence-corrected chi connectivity index (χ2v) is 7.99. The summed E-state index contributed by atoms with van der Waals surface area (Å²) in [6, 6.07) is 21.0.